The zero-order chi connectivity index (χ0) is 17.6. The van der Waals surface area contributed by atoms with E-state index < -0.39 is 0 Å². The van der Waals surface area contributed by atoms with Crippen molar-refractivity contribution in [2.45, 2.75) is 59.3 Å². The quantitative estimate of drug-likeness (QED) is 0.493. The fourth-order valence-corrected chi connectivity index (χ4v) is 3.25. The first-order valence-electron chi connectivity index (χ1n) is 9.41. The van der Waals surface area contributed by atoms with Gasteiger partial charge >= 0.3 is 0 Å². The van der Waals surface area contributed by atoms with Gasteiger partial charge in [0.05, 0.1) is 6.20 Å². The molecule has 0 spiro atoms. The number of aryl methyl sites for hydroxylation is 1. The van der Waals surface area contributed by atoms with Crippen molar-refractivity contribution in [1.29, 1.82) is 0 Å². The summed E-state index contributed by atoms with van der Waals surface area (Å²) >= 11 is 0. The Labute approximate surface area is 147 Å². The van der Waals surface area contributed by atoms with Gasteiger partial charge in [0.1, 0.15) is 0 Å². The first-order valence-corrected chi connectivity index (χ1v) is 9.41. The minimum Gasteiger partial charge on any atom is -0.357 e. The average Bonchev–Trinajstić information content (AvgIpc) is 3.13. The minimum absolute atomic E-state index is 0.431. The lowest BCUT2D eigenvalue weighted by atomic mass is 9.90. The summed E-state index contributed by atoms with van der Waals surface area (Å²) in [6.45, 7) is 13.0. The summed E-state index contributed by atoms with van der Waals surface area (Å²) < 4.78 is 1.90. The van der Waals surface area contributed by atoms with Crippen molar-refractivity contribution in [3.05, 3.63) is 18.0 Å². The molecule has 2 heterocycles. The van der Waals surface area contributed by atoms with Crippen LogP contribution in [0.4, 0.5) is 0 Å². The van der Waals surface area contributed by atoms with E-state index in [4.69, 9.17) is 4.99 Å². The summed E-state index contributed by atoms with van der Waals surface area (Å²) in [7, 11) is 1.99. The van der Waals surface area contributed by atoms with Crippen molar-refractivity contribution in [2.75, 3.05) is 26.2 Å². The molecule has 5 heteroatoms. The van der Waals surface area contributed by atoms with Gasteiger partial charge in [-0.05, 0) is 37.2 Å². The van der Waals surface area contributed by atoms with Gasteiger partial charge in [-0.2, -0.15) is 5.10 Å². The largest absolute Gasteiger partial charge is 0.357 e. The van der Waals surface area contributed by atoms with E-state index in [0.29, 0.717) is 11.3 Å². The molecule has 0 bridgehead atoms. The number of aromatic nitrogens is 2. The predicted molar refractivity (Wildman–Crippen MR) is 101 cm³/mol. The Morgan fingerprint density at radius 3 is 2.79 bits per heavy atom. The number of rotatable bonds is 6. The third-order valence-corrected chi connectivity index (χ3v) is 4.62. The Hall–Kier alpha value is -1.52. The molecule has 1 saturated heterocycles. The van der Waals surface area contributed by atoms with Crippen LogP contribution in [-0.4, -0.2) is 46.8 Å². The number of unbranched alkanes of at least 4 members (excludes halogenated alkanes) is 1. The Bertz CT molecular complexity index is 526. The van der Waals surface area contributed by atoms with Crippen LogP contribution in [-0.2, 0) is 7.05 Å². The molecule has 0 radical (unpaired) electrons. The fourth-order valence-electron chi connectivity index (χ4n) is 3.25. The van der Waals surface area contributed by atoms with E-state index in [1.807, 2.05) is 17.9 Å². The lowest BCUT2D eigenvalue weighted by molar-refractivity contribution is 0.361. The highest BCUT2D eigenvalue weighted by Crippen LogP contribution is 2.26. The standard InChI is InChI=1S/C19H35N5/c1-6-20-18(21-11-8-7-10-19(2,3)4)24-12-9-16(15-24)17-13-22-23(5)14-17/h13-14,16H,6-12,15H2,1-5H3,(H,20,21). The van der Waals surface area contributed by atoms with Crippen molar-refractivity contribution in [2.24, 2.45) is 17.5 Å². The van der Waals surface area contributed by atoms with Gasteiger partial charge in [0.15, 0.2) is 5.96 Å². The smallest absolute Gasteiger partial charge is 0.193 e. The second-order valence-electron chi connectivity index (χ2n) is 8.13. The molecule has 5 nitrogen and oxygen atoms in total. The summed E-state index contributed by atoms with van der Waals surface area (Å²) in [5.41, 5.74) is 1.78. The first-order chi connectivity index (χ1) is 11.4. The Balaban J connectivity index is 1.85. The Morgan fingerprint density at radius 1 is 1.38 bits per heavy atom. The van der Waals surface area contributed by atoms with Crippen LogP contribution in [0.1, 0.15) is 64.9 Å². The number of aliphatic imine (C=N–C) groups is 1. The number of hydrogen-bond donors (Lipinski definition) is 1. The van der Waals surface area contributed by atoms with E-state index in [1.54, 1.807) is 0 Å². The maximum absolute atomic E-state index is 4.86. The highest BCUT2D eigenvalue weighted by molar-refractivity contribution is 5.80. The summed E-state index contributed by atoms with van der Waals surface area (Å²) in [4.78, 5) is 7.27. The van der Waals surface area contributed by atoms with Crippen LogP contribution < -0.4 is 5.32 Å². The number of guanidine groups is 1. The topological polar surface area (TPSA) is 45.5 Å². The van der Waals surface area contributed by atoms with Gasteiger partial charge in [0, 0.05) is 45.3 Å². The first kappa shape index (κ1) is 18.8. The summed E-state index contributed by atoms with van der Waals surface area (Å²) in [6.07, 6.45) is 9.03. The zero-order valence-corrected chi connectivity index (χ0v) is 16.2. The molecule has 1 unspecified atom stereocenters. The molecule has 0 aliphatic carbocycles. The van der Waals surface area contributed by atoms with Gasteiger partial charge in [-0.3, -0.25) is 9.67 Å². The van der Waals surface area contributed by atoms with E-state index in [2.05, 4.69) is 49.2 Å². The van der Waals surface area contributed by atoms with Crippen LogP contribution in [0.2, 0.25) is 0 Å². The van der Waals surface area contributed by atoms with Crippen LogP contribution in [0.15, 0.2) is 17.4 Å². The van der Waals surface area contributed by atoms with Gasteiger partial charge in [0.25, 0.3) is 0 Å². The van der Waals surface area contributed by atoms with E-state index in [-0.39, 0.29) is 0 Å². The molecular weight excluding hydrogens is 298 g/mol. The Kier molecular flexibility index (Phi) is 6.69. The molecular formula is C19H35N5. The molecule has 136 valence electrons. The van der Waals surface area contributed by atoms with Crippen molar-refractivity contribution < 1.29 is 0 Å². The van der Waals surface area contributed by atoms with Crippen LogP contribution in [0.5, 0.6) is 0 Å². The minimum atomic E-state index is 0.431. The summed E-state index contributed by atoms with van der Waals surface area (Å²) in [5.74, 6) is 1.66. The molecule has 1 atom stereocenters. The second-order valence-corrected chi connectivity index (χ2v) is 8.13. The van der Waals surface area contributed by atoms with E-state index in [1.165, 1.54) is 31.2 Å². The molecule has 1 N–H and O–H groups in total. The van der Waals surface area contributed by atoms with Crippen molar-refractivity contribution >= 4 is 5.96 Å². The van der Waals surface area contributed by atoms with Crippen LogP contribution in [0.25, 0.3) is 0 Å². The molecule has 1 fully saturated rings. The molecule has 1 aliphatic rings. The number of nitrogens with zero attached hydrogens (tertiary/aromatic N) is 4. The van der Waals surface area contributed by atoms with Crippen molar-refractivity contribution in [3.63, 3.8) is 0 Å². The SMILES string of the molecule is CCNC(=NCCCCC(C)(C)C)N1CCC(c2cnn(C)c2)C1. The number of likely N-dealkylation sites (tertiary alicyclic amines) is 1. The second kappa shape index (κ2) is 8.54. The average molecular weight is 334 g/mol. The molecule has 0 amide bonds. The van der Waals surface area contributed by atoms with Crippen molar-refractivity contribution in [3.8, 4) is 0 Å². The summed E-state index contributed by atoms with van der Waals surface area (Å²) in [6, 6.07) is 0. The molecule has 0 saturated carbocycles. The van der Waals surface area contributed by atoms with Crippen LogP contribution in [0.3, 0.4) is 0 Å². The normalized spacial score (nSPS) is 19.1. The zero-order valence-electron chi connectivity index (χ0n) is 16.2. The predicted octanol–water partition coefficient (Wildman–Crippen LogP) is 3.39. The molecule has 1 aliphatic heterocycles. The third kappa shape index (κ3) is 5.84. The highest BCUT2D eigenvalue weighted by atomic mass is 15.3. The lowest BCUT2D eigenvalue weighted by Crippen LogP contribution is -2.40. The van der Waals surface area contributed by atoms with Gasteiger partial charge in [-0.15, -0.1) is 0 Å². The molecule has 1 aromatic heterocycles. The van der Waals surface area contributed by atoms with Crippen LogP contribution >= 0.6 is 0 Å². The Morgan fingerprint density at radius 2 is 2.17 bits per heavy atom. The molecule has 2 rings (SSSR count). The molecule has 24 heavy (non-hydrogen) atoms. The van der Waals surface area contributed by atoms with E-state index >= 15 is 0 Å². The van der Waals surface area contributed by atoms with Gasteiger partial charge in [-0.25, -0.2) is 0 Å². The summed E-state index contributed by atoms with van der Waals surface area (Å²) in [5, 5.41) is 7.77. The fraction of sp³-hybridized carbons (Fsp3) is 0.789. The van der Waals surface area contributed by atoms with Gasteiger partial charge < -0.3 is 10.2 Å². The van der Waals surface area contributed by atoms with Crippen LogP contribution in [0, 0.1) is 5.41 Å². The van der Waals surface area contributed by atoms with E-state index in [9.17, 15) is 0 Å². The monoisotopic (exact) mass is 333 g/mol. The lowest BCUT2D eigenvalue weighted by Gasteiger charge is -2.22. The van der Waals surface area contributed by atoms with Crippen molar-refractivity contribution in [1.82, 2.24) is 20.0 Å². The number of hydrogen-bond acceptors (Lipinski definition) is 2. The maximum atomic E-state index is 4.86. The molecule has 1 aromatic rings. The van der Waals surface area contributed by atoms with Gasteiger partial charge in [0.2, 0.25) is 0 Å². The molecule has 0 aromatic carbocycles. The van der Waals surface area contributed by atoms with Gasteiger partial charge in [-0.1, -0.05) is 27.2 Å². The third-order valence-electron chi connectivity index (χ3n) is 4.62. The number of nitrogens with one attached hydrogen (secondary N) is 1. The highest BCUT2D eigenvalue weighted by Gasteiger charge is 2.26. The van der Waals surface area contributed by atoms with E-state index in [0.717, 1.165) is 32.1 Å². The maximum Gasteiger partial charge on any atom is 0.193 e.